The first-order valence-corrected chi connectivity index (χ1v) is 6.03. The van der Waals surface area contributed by atoms with Crippen LogP contribution in [-0.4, -0.2) is 42.3 Å². The van der Waals surface area contributed by atoms with Crippen molar-refractivity contribution in [3.8, 4) is 0 Å². The van der Waals surface area contributed by atoms with Crippen LogP contribution in [0.4, 0.5) is 0 Å². The van der Waals surface area contributed by atoms with Gasteiger partial charge in [0.1, 0.15) is 17.5 Å². The highest BCUT2D eigenvalue weighted by Gasteiger charge is 2.42. The van der Waals surface area contributed by atoms with Gasteiger partial charge in [0.2, 0.25) is 0 Å². The monoisotopic (exact) mass is 236 g/mol. The molecule has 2 aliphatic rings. The van der Waals surface area contributed by atoms with Gasteiger partial charge in [-0.05, 0) is 19.8 Å². The number of aromatic nitrogens is 1. The van der Waals surface area contributed by atoms with E-state index in [9.17, 15) is 4.79 Å². The molecular formula is C12H16N2O3. The van der Waals surface area contributed by atoms with Crippen molar-refractivity contribution >= 4 is 5.91 Å². The Balaban J connectivity index is 1.87. The molecule has 0 radical (unpaired) electrons. The molecule has 3 rings (SSSR count). The molecule has 17 heavy (non-hydrogen) atoms. The summed E-state index contributed by atoms with van der Waals surface area (Å²) in [5.41, 5.74) is 1.20. The molecule has 3 heterocycles. The van der Waals surface area contributed by atoms with Crippen LogP contribution in [0.5, 0.6) is 0 Å². The van der Waals surface area contributed by atoms with Crippen molar-refractivity contribution in [1.29, 1.82) is 0 Å². The van der Waals surface area contributed by atoms with Crippen LogP contribution in [0.15, 0.2) is 10.8 Å². The van der Waals surface area contributed by atoms with Crippen molar-refractivity contribution in [2.24, 2.45) is 0 Å². The summed E-state index contributed by atoms with van der Waals surface area (Å²) >= 11 is 0. The Morgan fingerprint density at radius 2 is 2.12 bits per heavy atom. The number of rotatable bonds is 2. The lowest BCUT2D eigenvalue weighted by atomic mass is 9.83. The van der Waals surface area contributed by atoms with Crippen LogP contribution in [0.2, 0.25) is 0 Å². The van der Waals surface area contributed by atoms with Crippen LogP contribution in [0, 0.1) is 0 Å². The van der Waals surface area contributed by atoms with E-state index in [2.05, 4.69) is 12.1 Å². The smallest absolute Gasteiger partial charge is 0.259 e. The standard InChI is InChI=1S/C12H16N2O3/c1-12(7-16-8-12)10-9(6-17-13-10)11(15)14-4-2-3-5-14/h6H,2-5,7-8H2,1H3. The Morgan fingerprint density at radius 3 is 2.71 bits per heavy atom. The third kappa shape index (κ3) is 1.65. The molecule has 0 aromatic carbocycles. The first kappa shape index (κ1) is 10.8. The molecule has 5 heteroatoms. The first-order valence-electron chi connectivity index (χ1n) is 6.03. The number of nitrogens with zero attached hydrogens (tertiary/aromatic N) is 2. The number of carbonyl (C=O) groups excluding carboxylic acids is 1. The van der Waals surface area contributed by atoms with Crippen LogP contribution >= 0.6 is 0 Å². The summed E-state index contributed by atoms with van der Waals surface area (Å²) in [6, 6.07) is 0. The van der Waals surface area contributed by atoms with Gasteiger partial charge in [-0.3, -0.25) is 4.79 Å². The van der Waals surface area contributed by atoms with E-state index >= 15 is 0 Å². The number of hydrogen-bond donors (Lipinski definition) is 0. The molecule has 2 fully saturated rings. The van der Waals surface area contributed by atoms with E-state index in [1.165, 1.54) is 6.26 Å². The Kier molecular flexibility index (Phi) is 2.43. The van der Waals surface area contributed by atoms with E-state index in [0.717, 1.165) is 31.6 Å². The number of likely N-dealkylation sites (tertiary alicyclic amines) is 1. The fourth-order valence-corrected chi connectivity index (χ4v) is 2.46. The van der Waals surface area contributed by atoms with Crippen molar-refractivity contribution in [2.45, 2.75) is 25.2 Å². The molecule has 0 spiro atoms. The Labute approximate surface area is 99.7 Å². The Hall–Kier alpha value is -1.36. The van der Waals surface area contributed by atoms with Gasteiger partial charge in [0.05, 0.1) is 18.6 Å². The second-order valence-corrected chi connectivity index (χ2v) is 5.13. The molecule has 92 valence electrons. The van der Waals surface area contributed by atoms with E-state index in [1.54, 1.807) is 0 Å². The second-order valence-electron chi connectivity index (χ2n) is 5.13. The van der Waals surface area contributed by atoms with Gasteiger partial charge in [0.15, 0.2) is 0 Å². The summed E-state index contributed by atoms with van der Waals surface area (Å²) in [6.07, 6.45) is 3.65. The van der Waals surface area contributed by atoms with Gasteiger partial charge in [0, 0.05) is 13.1 Å². The maximum absolute atomic E-state index is 12.3. The summed E-state index contributed by atoms with van der Waals surface area (Å²) < 4.78 is 10.2. The molecule has 1 aromatic rings. The fraction of sp³-hybridized carbons (Fsp3) is 0.667. The minimum atomic E-state index is -0.155. The lowest BCUT2D eigenvalue weighted by Crippen LogP contribution is -2.45. The van der Waals surface area contributed by atoms with Gasteiger partial charge < -0.3 is 14.2 Å². The highest BCUT2D eigenvalue weighted by Crippen LogP contribution is 2.33. The molecule has 0 aliphatic carbocycles. The molecule has 0 saturated carbocycles. The van der Waals surface area contributed by atoms with Gasteiger partial charge in [-0.2, -0.15) is 0 Å². The van der Waals surface area contributed by atoms with E-state index in [-0.39, 0.29) is 11.3 Å². The average molecular weight is 236 g/mol. The second kappa shape index (κ2) is 3.84. The molecule has 0 N–H and O–H groups in total. The van der Waals surface area contributed by atoms with Gasteiger partial charge >= 0.3 is 0 Å². The summed E-state index contributed by atoms with van der Waals surface area (Å²) in [4.78, 5) is 14.2. The predicted octanol–water partition coefficient (Wildman–Crippen LogP) is 1.20. The van der Waals surface area contributed by atoms with Crippen molar-refractivity contribution in [3.63, 3.8) is 0 Å². The zero-order chi connectivity index (χ0) is 11.9. The maximum Gasteiger partial charge on any atom is 0.259 e. The predicted molar refractivity (Wildman–Crippen MR) is 59.8 cm³/mol. The van der Waals surface area contributed by atoms with Gasteiger partial charge in [-0.1, -0.05) is 5.16 Å². The van der Waals surface area contributed by atoms with Crippen LogP contribution in [0.25, 0.3) is 0 Å². The lowest BCUT2D eigenvalue weighted by molar-refractivity contribution is -0.0535. The van der Waals surface area contributed by atoms with Gasteiger partial charge in [-0.25, -0.2) is 0 Å². The molecule has 0 unspecified atom stereocenters. The SMILES string of the molecule is CC1(c2nocc2C(=O)N2CCCC2)COC1. The molecule has 0 bridgehead atoms. The molecule has 1 aromatic heterocycles. The maximum atomic E-state index is 12.3. The molecule has 5 nitrogen and oxygen atoms in total. The van der Waals surface area contributed by atoms with Crippen molar-refractivity contribution < 1.29 is 14.1 Å². The molecule has 0 atom stereocenters. The number of ether oxygens (including phenoxy) is 1. The van der Waals surface area contributed by atoms with Crippen LogP contribution in [0.1, 0.15) is 35.8 Å². The zero-order valence-corrected chi connectivity index (χ0v) is 9.94. The topological polar surface area (TPSA) is 55.6 Å². The van der Waals surface area contributed by atoms with Crippen molar-refractivity contribution in [2.75, 3.05) is 26.3 Å². The Morgan fingerprint density at radius 1 is 1.41 bits per heavy atom. The minimum absolute atomic E-state index is 0.0480. The third-order valence-corrected chi connectivity index (χ3v) is 3.61. The quantitative estimate of drug-likeness (QED) is 0.774. The van der Waals surface area contributed by atoms with E-state index in [1.807, 2.05) is 4.90 Å². The van der Waals surface area contributed by atoms with Crippen LogP contribution in [-0.2, 0) is 10.2 Å². The van der Waals surface area contributed by atoms with Gasteiger partial charge in [-0.15, -0.1) is 0 Å². The summed E-state index contributed by atoms with van der Waals surface area (Å²) in [7, 11) is 0. The highest BCUT2D eigenvalue weighted by molar-refractivity contribution is 5.95. The van der Waals surface area contributed by atoms with Crippen LogP contribution < -0.4 is 0 Å². The number of amides is 1. The lowest BCUT2D eigenvalue weighted by Gasteiger charge is -2.36. The summed E-state index contributed by atoms with van der Waals surface area (Å²) in [5, 5.41) is 4.00. The Bertz CT molecular complexity index is 431. The summed E-state index contributed by atoms with van der Waals surface area (Å²) in [6.45, 7) is 4.96. The number of hydrogen-bond acceptors (Lipinski definition) is 4. The average Bonchev–Trinajstić information content (AvgIpc) is 2.95. The highest BCUT2D eigenvalue weighted by atomic mass is 16.5. The van der Waals surface area contributed by atoms with Crippen molar-refractivity contribution in [1.82, 2.24) is 10.1 Å². The molecular weight excluding hydrogens is 220 g/mol. The first-order chi connectivity index (χ1) is 8.21. The minimum Gasteiger partial charge on any atom is -0.379 e. The van der Waals surface area contributed by atoms with E-state index in [0.29, 0.717) is 18.8 Å². The fourth-order valence-electron chi connectivity index (χ4n) is 2.46. The van der Waals surface area contributed by atoms with Crippen LogP contribution in [0.3, 0.4) is 0 Å². The van der Waals surface area contributed by atoms with Gasteiger partial charge in [0.25, 0.3) is 5.91 Å². The van der Waals surface area contributed by atoms with E-state index in [4.69, 9.17) is 9.26 Å². The normalized spacial score (nSPS) is 22.5. The number of carbonyl (C=O) groups is 1. The summed E-state index contributed by atoms with van der Waals surface area (Å²) in [5.74, 6) is 0.0480. The molecule has 2 saturated heterocycles. The molecule has 2 aliphatic heterocycles. The van der Waals surface area contributed by atoms with E-state index < -0.39 is 0 Å². The largest absolute Gasteiger partial charge is 0.379 e. The van der Waals surface area contributed by atoms with Crippen molar-refractivity contribution in [3.05, 3.63) is 17.5 Å². The zero-order valence-electron chi connectivity index (χ0n) is 9.94. The third-order valence-electron chi connectivity index (χ3n) is 3.61. The molecule has 1 amide bonds.